The number of aromatic nitrogens is 2. The van der Waals surface area contributed by atoms with Crippen molar-refractivity contribution in [1.29, 1.82) is 0 Å². The summed E-state index contributed by atoms with van der Waals surface area (Å²) in [4.78, 5) is 22.9. The minimum Gasteiger partial charge on any atom is -0.476 e. The van der Waals surface area contributed by atoms with Gasteiger partial charge in [-0.25, -0.2) is 4.79 Å². The fourth-order valence-electron chi connectivity index (χ4n) is 1.89. The Morgan fingerprint density at radius 2 is 2.15 bits per heavy atom. The summed E-state index contributed by atoms with van der Waals surface area (Å²) in [5, 5.41) is 16.3. The van der Waals surface area contributed by atoms with Gasteiger partial charge in [0.1, 0.15) is 6.54 Å². The van der Waals surface area contributed by atoms with Gasteiger partial charge in [-0.05, 0) is 6.07 Å². The first-order valence-electron chi connectivity index (χ1n) is 6.08. The number of fused-ring (bicyclic) bond motifs is 1. The molecular formula is C13H15N3O4. The molecule has 2 N–H and O–H groups in total. The van der Waals surface area contributed by atoms with Crippen LogP contribution in [0.1, 0.15) is 10.5 Å². The van der Waals surface area contributed by atoms with Crippen molar-refractivity contribution < 1.29 is 19.4 Å². The highest BCUT2D eigenvalue weighted by Gasteiger charge is 2.16. The molecule has 0 saturated carbocycles. The second-order valence-electron chi connectivity index (χ2n) is 4.17. The van der Waals surface area contributed by atoms with Crippen LogP contribution in [-0.4, -0.2) is 47.0 Å². The van der Waals surface area contributed by atoms with Crippen LogP contribution in [0.2, 0.25) is 0 Å². The summed E-state index contributed by atoms with van der Waals surface area (Å²) in [5.41, 5.74) is 0.567. The molecule has 0 aliphatic heterocycles. The fraction of sp³-hybridized carbons (Fsp3) is 0.308. The lowest BCUT2D eigenvalue weighted by Crippen LogP contribution is -2.30. The predicted octanol–water partition coefficient (Wildman–Crippen LogP) is 0.497. The standard InChI is InChI=1S/C13H15N3O4/c1-20-7-6-14-11(17)8-16-10-5-3-2-4-9(10)12(15-16)13(18)19/h2-5H,6-8H2,1H3,(H,14,17)(H,18,19). The zero-order valence-corrected chi connectivity index (χ0v) is 11.0. The fourth-order valence-corrected chi connectivity index (χ4v) is 1.89. The van der Waals surface area contributed by atoms with Gasteiger partial charge in [-0.1, -0.05) is 18.2 Å². The van der Waals surface area contributed by atoms with Crippen molar-refractivity contribution in [1.82, 2.24) is 15.1 Å². The van der Waals surface area contributed by atoms with E-state index in [9.17, 15) is 9.59 Å². The van der Waals surface area contributed by atoms with Gasteiger partial charge in [-0.2, -0.15) is 5.10 Å². The number of hydrogen-bond acceptors (Lipinski definition) is 4. The number of hydrogen-bond donors (Lipinski definition) is 2. The number of rotatable bonds is 6. The van der Waals surface area contributed by atoms with E-state index < -0.39 is 5.97 Å². The van der Waals surface area contributed by atoms with Crippen LogP contribution in [0.15, 0.2) is 24.3 Å². The van der Waals surface area contributed by atoms with Gasteiger partial charge in [0.2, 0.25) is 5.91 Å². The number of ether oxygens (including phenoxy) is 1. The number of para-hydroxylation sites is 1. The van der Waals surface area contributed by atoms with Gasteiger partial charge in [0.25, 0.3) is 0 Å². The van der Waals surface area contributed by atoms with Crippen molar-refractivity contribution in [2.75, 3.05) is 20.3 Å². The molecule has 1 heterocycles. The van der Waals surface area contributed by atoms with Crippen LogP contribution in [0.3, 0.4) is 0 Å². The third-order valence-corrected chi connectivity index (χ3v) is 2.78. The topological polar surface area (TPSA) is 93.5 Å². The van der Waals surface area contributed by atoms with Crippen LogP contribution in [0.5, 0.6) is 0 Å². The maximum atomic E-state index is 11.7. The predicted molar refractivity (Wildman–Crippen MR) is 71.6 cm³/mol. The Labute approximate surface area is 115 Å². The maximum Gasteiger partial charge on any atom is 0.357 e. The molecule has 0 aliphatic rings. The van der Waals surface area contributed by atoms with E-state index in [-0.39, 0.29) is 18.1 Å². The van der Waals surface area contributed by atoms with Gasteiger partial charge >= 0.3 is 5.97 Å². The number of amides is 1. The first-order valence-corrected chi connectivity index (χ1v) is 6.08. The number of methoxy groups -OCH3 is 1. The van der Waals surface area contributed by atoms with Crippen LogP contribution in [0, 0.1) is 0 Å². The number of nitrogens with one attached hydrogen (secondary N) is 1. The summed E-state index contributed by atoms with van der Waals surface area (Å²) < 4.78 is 6.22. The molecule has 0 atom stereocenters. The normalized spacial score (nSPS) is 10.7. The molecule has 2 rings (SSSR count). The molecule has 0 aliphatic carbocycles. The zero-order chi connectivity index (χ0) is 14.5. The molecular weight excluding hydrogens is 262 g/mol. The number of carboxylic acids is 1. The number of carboxylic acid groups (broad SMARTS) is 1. The van der Waals surface area contributed by atoms with E-state index >= 15 is 0 Å². The van der Waals surface area contributed by atoms with Crippen molar-refractivity contribution in [3.05, 3.63) is 30.0 Å². The van der Waals surface area contributed by atoms with E-state index in [1.165, 1.54) is 4.68 Å². The monoisotopic (exact) mass is 277 g/mol. The lowest BCUT2D eigenvalue weighted by molar-refractivity contribution is -0.121. The van der Waals surface area contributed by atoms with Crippen LogP contribution in [0.25, 0.3) is 10.9 Å². The number of aromatic carboxylic acids is 1. The highest BCUT2D eigenvalue weighted by atomic mass is 16.5. The Bertz CT molecular complexity index is 636. The van der Waals surface area contributed by atoms with Gasteiger partial charge in [0, 0.05) is 19.0 Å². The van der Waals surface area contributed by atoms with Crippen LogP contribution >= 0.6 is 0 Å². The molecule has 1 aromatic carbocycles. The molecule has 0 bridgehead atoms. The Balaban J connectivity index is 2.22. The van der Waals surface area contributed by atoms with E-state index in [1.54, 1.807) is 31.4 Å². The van der Waals surface area contributed by atoms with Crippen molar-refractivity contribution in [3.63, 3.8) is 0 Å². The minimum atomic E-state index is -1.11. The average Bonchev–Trinajstić information content (AvgIpc) is 2.78. The quantitative estimate of drug-likeness (QED) is 0.750. The lowest BCUT2D eigenvalue weighted by Gasteiger charge is -2.05. The molecule has 0 saturated heterocycles. The highest BCUT2D eigenvalue weighted by molar-refractivity contribution is 6.01. The molecule has 0 fully saturated rings. The van der Waals surface area contributed by atoms with Crippen molar-refractivity contribution in [2.45, 2.75) is 6.54 Å². The van der Waals surface area contributed by atoms with Crippen molar-refractivity contribution >= 4 is 22.8 Å². The largest absolute Gasteiger partial charge is 0.476 e. The van der Waals surface area contributed by atoms with Gasteiger partial charge in [0.15, 0.2) is 5.69 Å². The summed E-state index contributed by atoms with van der Waals surface area (Å²) in [5.74, 6) is -1.35. The number of benzene rings is 1. The van der Waals surface area contributed by atoms with E-state index in [0.717, 1.165) is 0 Å². The summed E-state index contributed by atoms with van der Waals surface area (Å²) in [6.45, 7) is 0.795. The molecule has 106 valence electrons. The molecule has 7 heteroatoms. The van der Waals surface area contributed by atoms with Crippen LogP contribution < -0.4 is 5.32 Å². The van der Waals surface area contributed by atoms with E-state index in [0.29, 0.717) is 24.1 Å². The van der Waals surface area contributed by atoms with Crippen LogP contribution in [0.4, 0.5) is 0 Å². The Hall–Kier alpha value is -2.41. The van der Waals surface area contributed by atoms with Gasteiger partial charge < -0.3 is 15.2 Å². The number of carbonyl (C=O) groups excluding carboxylic acids is 1. The smallest absolute Gasteiger partial charge is 0.357 e. The van der Waals surface area contributed by atoms with Crippen molar-refractivity contribution in [3.8, 4) is 0 Å². The van der Waals surface area contributed by atoms with Gasteiger partial charge in [0.05, 0.1) is 12.1 Å². The number of nitrogens with zero attached hydrogens (tertiary/aromatic N) is 2. The van der Waals surface area contributed by atoms with E-state index in [4.69, 9.17) is 9.84 Å². The summed E-state index contributed by atoms with van der Waals surface area (Å²) in [6, 6.07) is 6.91. The Kier molecular flexibility index (Phi) is 4.31. The van der Waals surface area contributed by atoms with Gasteiger partial charge in [-0.3, -0.25) is 9.48 Å². The first-order chi connectivity index (χ1) is 9.63. The molecule has 7 nitrogen and oxygen atoms in total. The molecule has 20 heavy (non-hydrogen) atoms. The summed E-state index contributed by atoms with van der Waals surface area (Å²) >= 11 is 0. The van der Waals surface area contributed by atoms with E-state index in [1.807, 2.05) is 0 Å². The lowest BCUT2D eigenvalue weighted by atomic mass is 10.2. The van der Waals surface area contributed by atoms with Gasteiger partial charge in [-0.15, -0.1) is 0 Å². The second-order valence-corrected chi connectivity index (χ2v) is 4.17. The first kappa shape index (κ1) is 14.0. The van der Waals surface area contributed by atoms with E-state index in [2.05, 4.69) is 10.4 Å². The molecule has 0 unspecified atom stereocenters. The Morgan fingerprint density at radius 3 is 2.85 bits per heavy atom. The third kappa shape index (κ3) is 2.94. The number of carbonyl (C=O) groups is 2. The summed E-state index contributed by atoms with van der Waals surface area (Å²) in [7, 11) is 1.55. The molecule has 2 aromatic rings. The third-order valence-electron chi connectivity index (χ3n) is 2.78. The maximum absolute atomic E-state index is 11.7. The SMILES string of the molecule is COCCNC(=O)Cn1nc(C(=O)O)c2ccccc21. The zero-order valence-electron chi connectivity index (χ0n) is 11.0. The second kappa shape index (κ2) is 6.16. The molecule has 0 radical (unpaired) electrons. The van der Waals surface area contributed by atoms with Crippen LogP contribution in [-0.2, 0) is 16.1 Å². The molecule has 1 amide bonds. The average molecular weight is 277 g/mol. The molecule has 0 spiro atoms. The minimum absolute atomic E-state index is 0.0303. The molecule has 1 aromatic heterocycles. The Morgan fingerprint density at radius 1 is 1.40 bits per heavy atom. The van der Waals surface area contributed by atoms with Crippen molar-refractivity contribution in [2.24, 2.45) is 0 Å². The summed E-state index contributed by atoms with van der Waals surface area (Å²) in [6.07, 6.45) is 0. The highest BCUT2D eigenvalue weighted by Crippen LogP contribution is 2.18.